The van der Waals surface area contributed by atoms with E-state index in [0.29, 0.717) is 17.1 Å². The molecule has 0 radical (unpaired) electrons. The van der Waals surface area contributed by atoms with Gasteiger partial charge < -0.3 is 10.1 Å². The van der Waals surface area contributed by atoms with Crippen molar-refractivity contribution in [3.05, 3.63) is 70.2 Å². The lowest BCUT2D eigenvalue weighted by Gasteiger charge is -2.35. The number of halogens is 1. The van der Waals surface area contributed by atoms with Gasteiger partial charge >= 0.3 is 0 Å². The van der Waals surface area contributed by atoms with Crippen LogP contribution in [-0.2, 0) is 4.74 Å². The Hall–Kier alpha value is -1.88. The van der Waals surface area contributed by atoms with Gasteiger partial charge in [0.15, 0.2) is 0 Å². The predicted molar refractivity (Wildman–Crippen MR) is 100 cm³/mol. The fourth-order valence-electron chi connectivity index (χ4n) is 3.11. The van der Waals surface area contributed by atoms with Crippen LogP contribution in [0.4, 0.5) is 0 Å². The summed E-state index contributed by atoms with van der Waals surface area (Å²) in [7, 11) is 0. The normalized spacial score (nSPS) is 16.4. The van der Waals surface area contributed by atoms with Crippen LogP contribution in [0.1, 0.15) is 27.5 Å². The van der Waals surface area contributed by atoms with Gasteiger partial charge in [-0.15, -0.1) is 0 Å². The van der Waals surface area contributed by atoms with Crippen LogP contribution < -0.4 is 5.32 Å². The van der Waals surface area contributed by atoms with E-state index in [1.165, 1.54) is 0 Å². The number of carbonyl (C=O) groups excluding carboxylic acids is 1. The molecule has 1 saturated heterocycles. The molecule has 0 aromatic heterocycles. The molecular formula is C20H23ClN2O2. The summed E-state index contributed by atoms with van der Waals surface area (Å²) in [5.41, 5.74) is 2.92. The molecule has 1 amide bonds. The highest BCUT2D eigenvalue weighted by Crippen LogP contribution is 2.23. The van der Waals surface area contributed by atoms with Gasteiger partial charge in [0.2, 0.25) is 0 Å². The van der Waals surface area contributed by atoms with Gasteiger partial charge in [0.1, 0.15) is 0 Å². The zero-order chi connectivity index (χ0) is 17.6. The minimum Gasteiger partial charge on any atom is -0.379 e. The lowest BCUT2D eigenvalue weighted by Crippen LogP contribution is -2.43. The van der Waals surface area contributed by atoms with Crippen molar-refractivity contribution in [1.82, 2.24) is 10.2 Å². The maximum absolute atomic E-state index is 12.5. The van der Waals surface area contributed by atoms with Crippen LogP contribution in [0.25, 0.3) is 0 Å². The molecule has 1 atom stereocenters. The van der Waals surface area contributed by atoms with Crippen molar-refractivity contribution >= 4 is 17.5 Å². The molecule has 132 valence electrons. The molecule has 0 spiro atoms. The molecule has 25 heavy (non-hydrogen) atoms. The Morgan fingerprint density at radius 3 is 2.60 bits per heavy atom. The molecule has 1 N–H and O–H groups in total. The van der Waals surface area contributed by atoms with Gasteiger partial charge in [-0.25, -0.2) is 0 Å². The molecule has 3 rings (SSSR count). The monoisotopic (exact) mass is 358 g/mol. The Bertz CT molecular complexity index is 712. The molecule has 4 nitrogen and oxygen atoms in total. The van der Waals surface area contributed by atoms with Crippen LogP contribution in [0.15, 0.2) is 48.5 Å². The highest BCUT2D eigenvalue weighted by atomic mass is 35.5. The average Bonchev–Trinajstić information content (AvgIpc) is 2.64. The first-order valence-corrected chi connectivity index (χ1v) is 8.93. The van der Waals surface area contributed by atoms with Crippen molar-refractivity contribution in [3.63, 3.8) is 0 Å². The molecule has 1 fully saturated rings. The van der Waals surface area contributed by atoms with E-state index in [9.17, 15) is 4.79 Å². The van der Waals surface area contributed by atoms with Crippen molar-refractivity contribution in [2.45, 2.75) is 13.0 Å². The van der Waals surface area contributed by atoms with Gasteiger partial charge in [0.05, 0.1) is 19.3 Å². The molecule has 1 unspecified atom stereocenters. The third-order valence-electron chi connectivity index (χ3n) is 4.48. The number of ether oxygens (including phenoxy) is 1. The van der Waals surface area contributed by atoms with E-state index in [1.807, 2.05) is 55.5 Å². The lowest BCUT2D eigenvalue weighted by molar-refractivity contribution is 0.0162. The number of nitrogens with zero attached hydrogens (tertiary/aromatic N) is 1. The summed E-state index contributed by atoms with van der Waals surface area (Å²) in [5, 5.41) is 3.80. The van der Waals surface area contributed by atoms with Gasteiger partial charge in [-0.1, -0.05) is 41.4 Å². The Morgan fingerprint density at radius 1 is 1.20 bits per heavy atom. The molecule has 1 aliphatic heterocycles. The lowest BCUT2D eigenvalue weighted by atomic mass is 10.0. The summed E-state index contributed by atoms with van der Waals surface area (Å²) >= 11 is 6.02. The SMILES string of the molecule is Cc1cccc(C(=O)NCC(c2ccc(Cl)cc2)N2CCOCC2)c1. The van der Waals surface area contributed by atoms with E-state index in [-0.39, 0.29) is 11.9 Å². The molecule has 5 heteroatoms. The van der Waals surface area contributed by atoms with Crippen molar-refractivity contribution < 1.29 is 9.53 Å². The molecule has 1 heterocycles. The largest absolute Gasteiger partial charge is 0.379 e. The van der Waals surface area contributed by atoms with Gasteiger partial charge in [0, 0.05) is 30.2 Å². The molecule has 2 aromatic rings. The number of rotatable bonds is 5. The van der Waals surface area contributed by atoms with E-state index < -0.39 is 0 Å². The number of amides is 1. The van der Waals surface area contributed by atoms with Gasteiger partial charge in [0.25, 0.3) is 5.91 Å². The number of nitrogens with one attached hydrogen (secondary N) is 1. The summed E-state index contributed by atoms with van der Waals surface area (Å²) in [6.45, 7) is 5.68. The first-order valence-electron chi connectivity index (χ1n) is 8.55. The highest BCUT2D eigenvalue weighted by molar-refractivity contribution is 6.30. The quantitative estimate of drug-likeness (QED) is 0.890. The Balaban J connectivity index is 1.73. The topological polar surface area (TPSA) is 41.6 Å². The maximum atomic E-state index is 12.5. The number of carbonyl (C=O) groups is 1. The maximum Gasteiger partial charge on any atom is 0.251 e. The number of hydrogen-bond donors (Lipinski definition) is 1. The number of benzene rings is 2. The molecular weight excluding hydrogens is 336 g/mol. The minimum atomic E-state index is -0.0454. The van der Waals surface area contributed by atoms with E-state index in [1.54, 1.807) is 0 Å². The van der Waals surface area contributed by atoms with Crippen molar-refractivity contribution in [2.75, 3.05) is 32.8 Å². The van der Waals surface area contributed by atoms with E-state index in [0.717, 1.165) is 37.4 Å². The molecule has 0 bridgehead atoms. The molecule has 0 aliphatic carbocycles. The van der Waals surface area contributed by atoms with Crippen LogP contribution in [0.2, 0.25) is 5.02 Å². The Kier molecular flexibility index (Phi) is 6.08. The number of morpholine rings is 1. The van der Waals surface area contributed by atoms with Gasteiger partial charge in [-0.3, -0.25) is 9.69 Å². The third kappa shape index (κ3) is 4.82. The Labute approximate surface area is 153 Å². The molecule has 0 saturated carbocycles. The van der Waals surface area contributed by atoms with E-state index >= 15 is 0 Å². The standard InChI is InChI=1S/C20H23ClN2O2/c1-15-3-2-4-17(13-15)20(24)22-14-19(23-9-11-25-12-10-23)16-5-7-18(21)8-6-16/h2-8,13,19H,9-12,14H2,1H3,(H,22,24). The summed E-state index contributed by atoms with van der Waals surface area (Å²) in [5.74, 6) is -0.0454. The van der Waals surface area contributed by atoms with Crippen molar-refractivity contribution in [1.29, 1.82) is 0 Å². The highest BCUT2D eigenvalue weighted by Gasteiger charge is 2.23. The fraction of sp³-hybridized carbons (Fsp3) is 0.350. The number of hydrogen-bond acceptors (Lipinski definition) is 3. The Morgan fingerprint density at radius 2 is 1.92 bits per heavy atom. The first-order chi connectivity index (χ1) is 12.1. The van der Waals surface area contributed by atoms with E-state index in [4.69, 9.17) is 16.3 Å². The van der Waals surface area contributed by atoms with Crippen LogP contribution in [0.5, 0.6) is 0 Å². The van der Waals surface area contributed by atoms with Crippen molar-refractivity contribution in [3.8, 4) is 0 Å². The second-order valence-corrected chi connectivity index (χ2v) is 6.73. The smallest absolute Gasteiger partial charge is 0.251 e. The zero-order valence-electron chi connectivity index (χ0n) is 14.4. The summed E-state index contributed by atoms with van der Waals surface area (Å²) in [6.07, 6.45) is 0. The zero-order valence-corrected chi connectivity index (χ0v) is 15.1. The number of aryl methyl sites for hydroxylation is 1. The first kappa shape index (κ1) is 17.9. The van der Waals surface area contributed by atoms with Gasteiger partial charge in [-0.2, -0.15) is 0 Å². The minimum absolute atomic E-state index is 0.0454. The summed E-state index contributed by atoms with van der Waals surface area (Å²) in [6, 6.07) is 15.6. The second kappa shape index (κ2) is 8.48. The summed E-state index contributed by atoms with van der Waals surface area (Å²) < 4.78 is 5.46. The second-order valence-electron chi connectivity index (χ2n) is 6.30. The van der Waals surface area contributed by atoms with Crippen LogP contribution in [0.3, 0.4) is 0 Å². The van der Waals surface area contributed by atoms with Crippen LogP contribution in [-0.4, -0.2) is 43.7 Å². The average molecular weight is 359 g/mol. The third-order valence-corrected chi connectivity index (χ3v) is 4.73. The van der Waals surface area contributed by atoms with Crippen molar-refractivity contribution in [2.24, 2.45) is 0 Å². The van der Waals surface area contributed by atoms with E-state index in [2.05, 4.69) is 10.2 Å². The van der Waals surface area contributed by atoms with Crippen LogP contribution >= 0.6 is 11.6 Å². The summed E-state index contributed by atoms with van der Waals surface area (Å²) in [4.78, 5) is 14.8. The van der Waals surface area contributed by atoms with Crippen LogP contribution in [0, 0.1) is 6.92 Å². The fourth-order valence-corrected chi connectivity index (χ4v) is 3.24. The predicted octanol–water partition coefficient (Wildman–Crippen LogP) is 3.45. The molecule has 2 aromatic carbocycles. The molecule has 1 aliphatic rings. The van der Waals surface area contributed by atoms with Gasteiger partial charge in [-0.05, 0) is 36.8 Å².